The van der Waals surface area contributed by atoms with E-state index in [9.17, 15) is 14.7 Å². The molecule has 1 heterocycles. The average molecular weight is 290 g/mol. The largest absolute Gasteiger partial charge is 0.480 e. The fourth-order valence-electron chi connectivity index (χ4n) is 2.08. The van der Waals surface area contributed by atoms with Crippen LogP contribution < -0.4 is 0 Å². The highest BCUT2D eigenvalue weighted by molar-refractivity contribution is 8.00. The molecule has 110 valence electrons. The molecule has 7 heteroatoms. The van der Waals surface area contributed by atoms with Gasteiger partial charge in [-0.25, -0.2) is 9.59 Å². The first kappa shape index (κ1) is 16.1. The molecule has 1 rings (SSSR count). The molecule has 0 spiro atoms. The fraction of sp³-hybridized carbons (Fsp3) is 0.833. The molecule has 0 aromatic heterocycles. The maximum absolute atomic E-state index is 12.5. The highest BCUT2D eigenvalue weighted by Gasteiger charge is 2.42. The first-order valence-electron chi connectivity index (χ1n) is 6.47. The van der Waals surface area contributed by atoms with E-state index in [2.05, 4.69) is 0 Å². The topological polar surface area (TPSA) is 70.1 Å². The van der Waals surface area contributed by atoms with Gasteiger partial charge in [-0.2, -0.15) is 0 Å². The summed E-state index contributed by atoms with van der Waals surface area (Å²) in [4.78, 5) is 26.9. The molecule has 2 unspecified atom stereocenters. The maximum Gasteiger partial charge on any atom is 0.327 e. The Morgan fingerprint density at radius 2 is 2.16 bits per heavy atom. The van der Waals surface area contributed by atoms with Gasteiger partial charge in [0.25, 0.3) is 0 Å². The van der Waals surface area contributed by atoms with Gasteiger partial charge in [0.2, 0.25) is 0 Å². The molecule has 2 atom stereocenters. The minimum absolute atomic E-state index is 0.0507. The number of urea groups is 1. The van der Waals surface area contributed by atoms with Gasteiger partial charge in [0, 0.05) is 26.0 Å². The Hall–Kier alpha value is -0.950. The van der Waals surface area contributed by atoms with Crippen LogP contribution in [0.3, 0.4) is 0 Å². The van der Waals surface area contributed by atoms with Gasteiger partial charge in [-0.05, 0) is 13.3 Å². The van der Waals surface area contributed by atoms with Crippen molar-refractivity contribution < 1.29 is 19.4 Å². The van der Waals surface area contributed by atoms with Crippen LogP contribution in [0, 0.1) is 0 Å². The van der Waals surface area contributed by atoms with Crippen molar-refractivity contribution in [1.82, 2.24) is 9.80 Å². The van der Waals surface area contributed by atoms with E-state index in [1.165, 1.54) is 16.7 Å². The average Bonchev–Trinajstić information content (AvgIpc) is 2.83. The Kier molecular flexibility index (Phi) is 6.44. The zero-order valence-corrected chi connectivity index (χ0v) is 12.5. The number of carboxylic acids is 1. The molecule has 0 bridgehead atoms. The highest BCUT2D eigenvalue weighted by Crippen LogP contribution is 2.32. The lowest BCUT2D eigenvalue weighted by molar-refractivity contribution is -0.141. The molecule has 0 radical (unpaired) electrons. The van der Waals surface area contributed by atoms with Gasteiger partial charge >= 0.3 is 12.0 Å². The first-order chi connectivity index (χ1) is 9.06. The zero-order chi connectivity index (χ0) is 14.4. The Bertz CT molecular complexity index is 327. The van der Waals surface area contributed by atoms with Crippen molar-refractivity contribution in [1.29, 1.82) is 0 Å². The quantitative estimate of drug-likeness (QED) is 0.799. The van der Waals surface area contributed by atoms with Gasteiger partial charge in [0.15, 0.2) is 0 Å². The number of methoxy groups -OCH3 is 1. The van der Waals surface area contributed by atoms with Crippen LogP contribution in [0.5, 0.6) is 0 Å². The molecule has 1 N–H and O–H groups in total. The van der Waals surface area contributed by atoms with Gasteiger partial charge in [-0.15, -0.1) is 11.8 Å². The van der Waals surface area contributed by atoms with E-state index in [4.69, 9.17) is 4.74 Å². The number of hydrogen-bond donors (Lipinski definition) is 1. The number of carbonyl (C=O) groups excluding carboxylic acids is 1. The highest BCUT2D eigenvalue weighted by atomic mass is 32.2. The zero-order valence-electron chi connectivity index (χ0n) is 11.7. The van der Waals surface area contributed by atoms with Crippen molar-refractivity contribution in [2.45, 2.75) is 31.7 Å². The number of thioether (sulfide) groups is 1. The number of hydrogen-bond acceptors (Lipinski definition) is 4. The van der Waals surface area contributed by atoms with Crippen molar-refractivity contribution in [3.8, 4) is 0 Å². The number of amides is 2. The smallest absolute Gasteiger partial charge is 0.327 e. The molecule has 0 aromatic carbocycles. The van der Waals surface area contributed by atoms with E-state index in [-0.39, 0.29) is 11.4 Å². The molecular weight excluding hydrogens is 268 g/mol. The molecule has 1 aliphatic rings. The van der Waals surface area contributed by atoms with Crippen molar-refractivity contribution in [2.75, 3.05) is 32.6 Å². The number of carboxylic acid groups (broad SMARTS) is 1. The van der Waals surface area contributed by atoms with Crippen LogP contribution in [0.4, 0.5) is 4.79 Å². The van der Waals surface area contributed by atoms with E-state index in [0.29, 0.717) is 25.4 Å². The van der Waals surface area contributed by atoms with Gasteiger partial charge in [0.05, 0.1) is 12.0 Å². The molecule has 1 fully saturated rings. The molecule has 0 aliphatic carbocycles. The second-order valence-electron chi connectivity index (χ2n) is 4.31. The van der Waals surface area contributed by atoms with Crippen molar-refractivity contribution in [3.05, 3.63) is 0 Å². The standard InChI is InChI=1S/C12H22N2O4S/c1-4-10-14(9(8-19-10)11(15)16)12(17)13(5-2)6-7-18-3/h9-10H,4-8H2,1-3H3,(H,15,16). The third-order valence-corrected chi connectivity index (χ3v) is 4.62. The summed E-state index contributed by atoms with van der Waals surface area (Å²) in [7, 11) is 1.58. The van der Waals surface area contributed by atoms with Crippen LogP contribution in [0.1, 0.15) is 20.3 Å². The predicted octanol–water partition coefficient (Wildman–Crippen LogP) is 1.31. The van der Waals surface area contributed by atoms with Gasteiger partial charge < -0.3 is 14.7 Å². The summed E-state index contributed by atoms with van der Waals surface area (Å²) in [5.41, 5.74) is 0. The number of likely N-dealkylation sites (N-methyl/N-ethyl adjacent to an activating group) is 1. The molecule has 1 aliphatic heterocycles. The lowest BCUT2D eigenvalue weighted by Gasteiger charge is -2.32. The van der Waals surface area contributed by atoms with Crippen molar-refractivity contribution in [2.24, 2.45) is 0 Å². The second-order valence-corrected chi connectivity index (χ2v) is 5.52. The van der Waals surface area contributed by atoms with E-state index in [1.807, 2.05) is 13.8 Å². The van der Waals surface area contributed by atoms with Crippen LogP contribution in [0.15, 0.2) is 0 Å². The number of ether oxygens (including phenoxy) is 1. The summed E-state index contributed by atoms with van der Waals surface area (Å²) in [6.07, 6.45) is 0.752. The van der Waals surface area contributed by atoms with Gasteiger partial charge in [-0.1, -0.05) is 6.92 Å². The third-order valence-electron chi connectivity index (χ3n) is 3.17. The van der Waals surface area contributed by atoms with E-state index in [0.717, 1.165) is 6.42 Å². The number of aliphatic carboxylic acids is 1. The lowest BCUT2D eigenvalue weighted by Crippen LogP contribution is -2.52. The third kappa shape index (κ3) is 3.76. The van der Waals surface area contributed by atoms with Gasteiger partial charge in [-0.3, -0.25) is 4.90 Å². The minimum Gasteiger partial charge on any atom is -0.480 e. The second kappa shape index (κ2) is 7.59. The van der Waals surface area contributed by atoms with Crippen molar-refractivity contribution in [3.63, 3.8) is 0 Å². The van der Waals surface area contributed by atoms with Crippen molar-refractivity contribution >= 4 is 23.8 Å². The van der Waals surface area contributed by atoms with E-state index in [1.54, 1.807) is 12.0 Å². The molecule has 0 saturated carbocycles. The Labute approximate surface area is 118 Å². The van der Waals surface area contributed by atoms with E-state index < -0.39 is 12.0 Å². The van der Waals surface area contributed by atoms with Crippen LogP contribution >= 0.6 is 11.8 Å². The molecule has 2 amide bonds. The molecular formula is C12H22N2O4S. The van der Waals surface area contributed by atoms with Crippen LogP contribution in [-0.2, 0) is 9.53 Å². The summed E-state index contributed by atoms with van der Waals surface area (Å²) in [6.45, 7) is 5.33. The van der Waals surface area contributed by atoms with Crippen LogP contribution in [-0.4, -0.2) is 70.9 Å². The fourth-order valence-corrected chi connectivity index (χ4v) is 3.42. The number of carbonyl (C=O) groups is 2. The SMILES string of the molecule is CCC1SCC(C(=O)O)N1C(=O)N(CC)CCOC. The number of nitrogens with zero attached hydrogens (tertiary/aromatic N) is 2. The summed E-state index contributed by atoms with van der Waals surface area (Å²) in [6, 6.07) is -0.928. The predicted molar refractivity (Wildman–Crippen MR) is 74.3 cm³/mol. The Morgan fingerprint density at radius 3 is 2.63 bits per heavy atom. The van der Waals surface area contributed by atoms with Crippen LogP contribution in [0.2, 0.25) is 0 Å². The normalized spacial score (nSPS) is 22.6. The van der Waals surface area contributed by atoms with E-state index >= 15 is 0 Å². The Balaban J connectivity index is 2.81. The summed E-state index contributed by atoms with van der Waals surface area (Å²) in [5.74, 6) is -0.471. The lowest BCUT2D eigenvalue weighted by atomic mass is 10.2. The summed E-state index contributed by atoms with van der Waals surface area (Å²) < 4.78 is 4.98. The van der Waals surface area contributed by atoms with Gasteiger partial charge in [0.1, 0.15) is 6.04 Å². The first-order valence-corrected chi connectivity index (χ1v) is 7.52. The summed E-state index contributed by atoms with van der Waals surface area (Å²) in [5, 5.41) is 9.18. The minimum atomic E-state index is -0.931. The molecule has 6 nitrogen and oxygen atoms in total. The monoisotopic (exact) mass is 290 g/mol. The Morgan fingerprint density at radius 1 is 1.47 bits per heavy atom. The number of rotatable bonds is 6. The summed E-state index contributed by atoms with van der Waals surface area (Å²) >= 11 is 1.53. The van der Waals surface area contributed by atoms with Crippen LogP contribution in [0.25, 0.3) is 0 Å². The molecule has 19 heavy (non-hydrogen) atoms. The molecule has 0 aromatic rings. The molecule has 1 saturated heterocycles. The maximum atomic E-state index is 12.5.